The number of anilines is 1. The summed E-state index contributed by atoms with van der Waals surface area (Å²) in [5, 5.41) is 8.92. The molecule has 0 spiro atoms. The second kappa shape index (κ2) is 4.43. The third-order valence-corrected chi connectivity index (χ3v) is 2.42. The zero-order valence-electron chi connectivity index (χ0n) is 9.78. The van der Waals surface area contributed by atoms with Crippen molar-refractivity contribution in [3.63, 3.8) is 0 Å². The van der Waals surface area contributed by atoms with Crippen LogP contribution in [0.3, 0.4) is 0 Å². The van der Waals surface area contributed by atoms with Gasteiger partial charge in [-0.1, -0.05) is 0 Å². The maximum absolute atomic E-state index is 10.9. The lowest BCUT2D eigenvalue weighted by atomic mass is 9.95. The summed E-state index contributed by atoms with van der Waals surface area (Å²) >= 11 is 0. The summed E-state index contributed by atoms with van der Waals surface area (Å²) in [4.78, 5) is 10.9. The molecule has 0 saturated carbocycles. The van der Waals surface area contributed by atoms with E-state index in [1.54, 1.807) is 32.0 Å². The van der Waals surface area contributed by atoms with E-state index in [9.17, 15) is 4.79 Å². The number of nitrogen functional groups attached to an aromatic ring is 1. The van der Waals surface area contributed by atoms with E-state index in [1.165, 1.54) is 0 Å². The Bertz CT molecular complexity index is 399. The largest absolute Gasteiger partial charge is 0.492 e. The number of ether oxygens (including phenoxy) is 1. The highest BCUT2D eigenvalue weighted by Crippen LogP contribution is 2.22. The van der Waals surface area contributed by atoms with Gasteiger partial charge in [-0.3, -0.25) is 4.79 Å². The molecule has 0 aliphatic rings. The summed E-state index contributed by atoms with van der Waals surface area (Å²) in [5.41, 5.74) is 6.40. The van der Waals surface area contributed by atoms with E-state index in [4.69, 9.17) is 15.6 Å². The first-order valence-electron chi connectivity index (χ1n) is 5.05. The monoisotopic (exact) mass is 223 g/mol. The Morgan fingerprint density at radius 1 is 1.50 bits per heavy atom. The minimum atomic E-state index is -0.894. The van der Waals surface area contributed by atoms with Crippen LogP contribution in [0.15, 0.2) is 18.2 Å². The van der Waals surface area contributed by atoms with Crippen molar-refractivity contribution in [2.45, 2.75) is 20.8 Å². The van der Waals surface area contributed by atoms with Crippen molar-refractivity contribution in [3.8, 4) is 5.75 Å². The Balaban J connectivity index is 2.68. The van der Waals surface area contributed by atoms with E-state index in [0.717, 1.165) is 5.56 Å². The summed E-state index contributed by atoms with van der Waals surface area (Å²) < 4.78 is 5.43. The smallest absolute Gasteiger partial charge is 0.312 e. The first-order chi connectivity index (χ1) is 7.33. The number of hydrogen-bond acceptors (Lipinski definition) is 3. The molecule has 4 nitrogen and oxygen atoms in total. The number of carbonyl (C=O) groups is 1. The van der Waals surface area contributed by atoms with Crippen LogP contribution in [-0.2, 0) is 4.79 Å². The van der Waals surface area contributed by atoms with Crippen molar-refractivity contribution in [1.29, 1.82) is 0 Å². The zero-order chi connectivity index (χ0) is 12.3. The molecule has 0 unspecified atom stereocenters. The van der Waals surface area contributed by atoms with Gasteiger partial charge in [0.1, 0.15) is 12.4 Å². The number of carboxylic acid groups (broad SMARTS) is 1. The minimum absolute atomic E-state index is 0.131. The molecule has 0 aliphatic heterocycles. The number of benzene rings is 1. The predicted molar refractivity (Wildman–Crippen MR) is 62.5 cm³/mol. The van der Waals surface area contributed by atoms with Crippen LogP contribution in [0, 0.1) is 12.3 Å². The standard InChI is InChI=1S/C12H17NO3/c1-8-6-9(4-5-10(8)13)16-7-12(2,3)11(14)15/h4-6H,7,13H2,1-3H3,(H,14,15). The van der Waals surface area contributed by atoms with Crippen molar-refractivity contribution < 1.29 is 14.6 Å². The van der Waals surface area contributed by atoms with Gasteiger partial charge in [-0.2, -0.15) is 0 Å². The minimum Gasteiger partial charge on any atom is -0.492 e. The molecule has 0 aliphatic carbocycles. The van der Waals surface area contributed by atoms with Gasteiger partial charge in [0.25, 0.3) is 0 Å². The molecule has 0 fully saturated rings. The van der Waals surface area contributed by atoms with Gasteiger partial charge >= 0.3 is 5.97 Å². The lowest BCUT2D eigenvalue weighted by Crippen LogP contribution is -2.30. The Labute approximate surface area is 95.0 Å². The van der Waals surface area contributed by atoms with Crippen LogP contribution >= 0.6 is 0 Å². The van der Waals surface area contributed by atoms with E-state index in [-0.39, 0.29) is 6.61 Å². The molecule has 0 saturated heterocycles. The average Bonchev–Trinajstić information content (AvgIpc) is 2.20. The molecule has 88 valence electrons. The maximum atomic E-state index is 10.9. The van der Waals surface area contributed by atoms with E-state index in [1.807, 2.05) is 6.92 Å². The highest BCUT2D eigenvalue weighted by atomic mass is 16.5. The lowest BCUT2D eigenvalue weighted by Gasteiger charge is -2.19. The van der Waals surface area contributed by atoms with Gasteiger partial charge in [-0.25, -0.2) is 0 Å². The SMILES string of the molecule is Cc1cc(OCC(C)(C)C(=O)O)ccc1N. The molecule has 0 atom stereocenters. The highest BCUT2D eigenvalue weighted by molar-refractivity contribution is 5.73. The number of rotatable bonds is 4. The van der Waals surface area contributed by atoms with E-state index in [2.05, 4.69) is 0 Å². The molecule has 1 aromatic rings. The first-order valence-corrected chi connectivity index (χ1v) is 5.05. The number of hydrogen-bond donors (Lipinski definition) is 2. The molecular formula is C12H17NO3. The average molecular weight is 223 g/mol. The van der Waals surface area contributed by atoms with Crippen LogP contribution in [0.5, 0.6) is 5.75 Å². The van der Waals surface area contributed by atoms with Gasteiger partial charge < -0.3 is 15.6 Å². The van der Waals surface area contributed by atoms with Gasteiger partial charge in [0.05, 0.1) is 5.41 Å². The molecule has 0 heterocycles. The lowest BCUT2D eigenvalue weighted by molar-refractivity contribution is -0.148. The molecular weight excluding hydrogens is 206 g/mol. The normalized spacial score (nSPS) is 11.2. The molecule has 0 bridgehead atoms. The third kappa shape index (κ3) is 2.89. The molecule has 0 radical (unpaired) electrons. The summed E-state index contributed by atoms with van der Waals surface area (Å²) in [6, 6.07) is 5.28. The summed E-state index contributed by atoms with van der Waals surface area (Å²) in [7, 11) is 0. The van der Waals surface area contributed by atoms with Crippen LogP contribution in [0.4, 0.5) is 5.69 Å². The van der Waals surface area contributed by atoms with Gasteiger partial charge in [-0.15, -0.1) is 0 Å². The molecule has 0 aromatic heterocycles. The number of nitrogens with two attached hydrogens (primary N) is 1. The Morgan fingerprint density at radius 3 is 2.62 bits per heavy atom. The van der Waals surface area contributed by atoms with Crippen molar-refractivity contribution in [2.75, 3.05) is 12.3 Å². The fraction of sp³-hybridized carbons (Fsp3) is 0.417. The van der Waals surface area contributed by atoms with Crippen LogP contribution in [-0.4, -0.2) is 17.7 Å². The first kappa shape index (κ1) is 12.4. The molecule has 1 aromatic carbocycles. The van der Waals surface area contributed by atoms with Crippen LogP contribution < -0.4 is 10.5 Å². The van der Waals surface area contributed by atoms with E-state index < -0.39 is 11.4 Å². The molecule has 16 heavy (non-hydrogen) atoms. The van der Waals surface area contributed by atoms with Crippen LogP contribution in [0.2, 0.25) is 0 Å². The zero-order valence-corrected chi connectivity index (χ0v) is 9.78. The van der Waals surface area contributed by atoms with Crippen LogP contribution in [0.25, 0.3) is 0 Å². The predicted octanol–water partition coefficient (Wildman–Crippen LogP) is 2.07. The second-order valence-corrected chi connectivity index (χ2v) is 4.50. The van der Waals surface area contributed by atoms with Gasteiger partial charge in [0.15, 0.2) is 0 Å². The molecule has 4 heteroatoms. The van der Waals surface area contributed by atoms with Gasteiger partial charge in [0.2, 0.25) is 0 Å². The van der Waals surface area contributed by atoms with Crippen molar-refractivity contribution >= 4 is 11.7 Å². The third-order valence-electron chi connectivity index (χ3n) is 2.42. The van der Waals surface area contributed by atoms with E-state index >= 15 is 0 Å². The summed E-state index contributed by atoms with van der Waals surface area (Å²) in [6.45, 7) is 5.26. The fourth-order valence-electron chi connectivity index (χ4n) is 1.06. The van der Waals surface area contributed by atoms with Gasteiger partial charge in [-0.05, 0) is 44.5 Å². The van der Waals surface area contributed by atoms with E-state index in [0.29, 0.717) is 11.4 Å². The number of aliphatic carboxylic acids is 1. The van der Waals surface area contributed by atoms with Crippen molar-refractivity contribution in [1.82, 2.24) is 0 Å². The Hall–Kier alpha value is -1.71. The van der Waals surface area contributed by atoms with Crippen LogP contribution in [0.1, 0.15) is 19.4 Å². The Kier molecular flexibility index (Phi) is 3.42. The van der Waals surface area contributed by atoms with Gasteiger partial charge in [0, 0.05) is 5.69 Å². The fourth-order valence-corrected chi connectivity index (χ4v) is 1.06. The molecule has 0 amide bonds. The summed E-state index contributed by atoms with van der Waals surface area (Å²) in [5.74, 6) is -0.235. The van der Waals surface area contributed by atoms with Crippen molar-refractivity contribution in [2.24, 2.45) is 5.41 Å². The second-order valence-electron chi connectivity index (χ2n) is 4.50. The number of carboxylic acids is 1. The molecule has 1 rings (SSSR count). The topological polar surface area (TPSA) is 72.5 Å². The number of aryl methyl sites for hydroxylation is 1. The quantitative estimate of drug-likeness (QED) is 0.766. The summed E-state index contributed by atoms with van der Waals surface area (Å²) in [6.07, 6.45) is 0. The highest BCUT2D eigenvalue weighted by Gasteiger charge is 2.28. The maximum Gasteiger partial charge on any atom is 0.312 e. The van der Waals surface area contributed by atoms with Crippen molar-refractivity contribution in [3.05, 3.63) is 23.8 Å². The Morgan fingerprint density at radius 2 is 2.12 bits per heavy atom. The molecule has 3 N–H and O–H groups in total.